The number of esters is 1. The number of nitrogens with one attached hydrogen (secondary N) is 1. The van der Waals surface area contributed by atoms with Gasteiger partial charge in [-0.05, 0) is 72.0 Å². The standard InChI is InChI=1S/C17H14Cl2INO4/c1-10(25-15-7-2-11(18)8-14(15)19)17(23)24-9-16(22)21-13-5-3-12(20)4-6-13/h2-8,10H,9H2,1H3,(H,21,22). The molecule has 2 aromatic carbocycles. The molecule has 0 aliphatic carbocycles. The first-order valence-corrected chi connectivity index (χ1v) is 9.02. The third-order valence-corrected chi connectivity index (χ3v) is 4.25. The Morgan fingerprint density at radius 1 is 1.16 bits per heavy atom. The summed E-state index contributed by atoms with van der Waals surface area (Å²) in [5, 5.41) is 3.37. The number of halogens is 3. The molecule has 0 spiro atoms. The summed E-state index contributed by atoms with van der Waals surface area (Å²) in [5.74, 6) is -0.811. The number of carbonyl (C=O) groups is 2. The van der Waals surface area contributed by atoms with Gasteiger partial charge < -0.3 is 14.8 Å². The molecule has 0 heterocycles. The van der Waals surface area contributed by atoms with Crippen LogP contribution in [0, 0.1) is 3.57 Å². The van der Waals surface area contributed by atoms with Crippen LogP contribution in [0.3, 0.4) is 0 Å². The second kappa shape index (κ2) is 9.26. The number of anilines is 1. The largest absolute Gasteiger partial charge is 0.477 e. The van der Waals surface area contributed by atoms with Crippen molar-refractivity contribution in [1.82, 2.24) is 0 Å². The summed E-state index contributed by atoms with van der Waals surface area (Å²) in [7, 11) is 0. The highest BCUT2D eigenvalue weighted by Gasteiger charge is 2.19. The predicted octanol–water partition coefficient (Wildman–Crippen LogP) is 4.55. The summed E-state index contributed by atoms with van der Waals surface area (Å²) in [6.07, 6.45) is -0.926. The summed E-state index contributed by atoms with van der Waals surface area (Å²) in [6.45, 7) is 1.09. The van der Waals surface area contributed by atoms with Gasteiger partial charge in [0, 0.05) is 14.3 Å². The minimum absolute atomic E-state index is 0.281. The van der Waals surface area contributed by atoms with E-state index in [9.17, 15) is 9.59 Å². The smallest absolute Gasteiger partial charge is 0.347 e. The van der Waals surface area contributed by atoms with E-state index >= 15 is 0 Å². The quantitative estimate of drug-likeness (QED) is 0.473. The molecule has 0 fully saturated rings. The third kappa shape index (κ3) is 6.37. The molecule has 1 atom stereocenters. The lowest BCUT2D eigenvalue weighted by Crippen LogP contribution is -2.29. The normalized spacial score (nSPS) is 11.5. The van der Waals surface area contributed by atoms with Gasteiger partial charge in [0.1, 0.15) is 5.75 Å². The van der Waals surface area contributed by atoms with Crippen LogP contribution < -0.4 is 10.1 Å². The molecular weight excluding hydrogens is 480 g/mol. The first-order chi connectivity index (χ1) is 11.8. The Labute approximate surface area is 168 Å². The molecule has 132 valence electrons. The van der Waals surface area contributed by atoms with Crippen LogP contribution in [0.15, 0.2) is 42.5 Å². The van der Waals surface area contributed by atoms with Crippen LogP contribution in [0.2, 0.25) is 10.0 Å². The van der Waals surface area contributed by atoms with Crippen molar-refractivity contribution in [2.45, 2.75) is 13.0 Å². The van der Waals surface area contributed by atoms with Crippen molar-refractivity contribution in [3.05, 3.63) is 56.1 Å². The van der Waals surface area contributed by atoms with Gasteiger partial charge in [-0.2, -0.15) is 0 Å². The first-order valence-electron chi connectivity index (χ1n) is 7.19. The van der Waals surface area contributed by atoms with Crippen molar-refractivity contribution in [2.75, 3.05) is 11.9 Å². The number of rotatable bonds is 6. The minimum Gasteiger partial charge on any atom is -0.477 e. The van der Waals surface area contributed by atoms with Gasteiger partial charge in [0.05, 0.1) is 5.02 Å². The van der Waals surface area contributed by atoms with Crippen molar-refractivity contribution >= 4 is 63.4 Å². The van der Waals surface area contributed by atoms with Crippen molar-refractivity contribution in [2.24, 2.45) is 0 Å². The highest BCUT2D eigenvalue weighted by Crippen LogP contribution is 2.28. The van der Waals surface area contributed by atoms with Crippen LogP contribution in [0.25, 0.3) is 0 Å². The second-order valence-corrected chi connectivity index (χ2v) is 7.09. The lowest BCUT2D eigenvalue weighted by atomic mass is 10.3. The van der Waals surface area contributed by atoms with Crippen LogP contribution in [0.1, 0.15) is 6.92 Å². The molecule has 25 heavy (non-hydrogen) atoms. The number of carbonyl (C=O) groups excluding carboxylic acids is 2. The van der Waals surface area contributed by atoms with Gasteiger partial charge in [0.15, 0.2) is 12.7 Å². The van der Waals surface area contributed by atoms with E-state index in [0.29, 0.717) is 16.5 Å². The van der Waals surface area contributed by atoms with Gasteiger partial charge in [0.2, 0.25) is 0 Å². The van der Waals surface area contributed by atoms with E-state index in [1.165, 1.54) is 13.0 Å². The predicted molar refractivity (Wildman–Crippen MR) is 105 cm³/mol. The molecule has 1 unspecified atom stereocenters. The Morgan fingerprint density at radius 3 is 2.48 bits per heavy atom. The summed E-state index contributed by atoms with van der Waals surface area (Å²) >= 11 is 13.9. The average Bonchev–Trinajstić information content (AvgIpc) is 2.57. The van der Waals surface area contributed by atoms with Gasteiger partial charge >= 0.3 is 5.97 Å². The SMILES string of the molecule is CC(Oc1ccc(Cl)cc1Cl)C(=O)OCC(=O)Nc1ccc(I)cc1. The van der Waals surface area contributed by atoms with Gasteiger partial charge in [0.25, 0.3) is 5.91 Å². The number of hydrogen-bond acceptors (Lipinski definition) is 4. The fraction of sp³-hybridized carbons (Fsp3) is 0.176. The Bertz CT molecular complexity index is 768. The molecule has 2 rings (SSSR count). The molecule has 5 nitrogen and oxygen atoms in total. The number of ether oxygens (including phenoxy) is 2. The van der Waals surface area contributed by atoms with E-state index in [4.69, 9.17) is 32.7 Å². The van der Waals surface area contributed by atoms with E-state index in [1.54, 1.807) is 24.3 Å². The van der Waals surface area contributed by atoms with Crippen molar-refractivity contribution in [3.63, 3.8) is 0 Å². The van der Waals surface area contributed by atoms with E-state index in [2.05, 4.69) is 27.9 Å². The molecule has 0 aliphatic heterocycles. The average molecular weight is 494 g/mol. The maximum absolute atomic E-state index is 11.9. The second-order valence-electron chi connectivity index (χ2n) is 5.00. The summed E-state index contributed by atoms with van der Waals surface area (Å²) < 4.78 is 11.4. The molecular formula is C17H14Cl2INO4. The molecule has 1 amide bonds. The van der Waals surface area contributed by atoms with Crippen LogP contribution >= 0.6 is 45.8 Å². The fourth-order valence-corrected chi connectivity index (χ4v) is 2.61. The highest BCUT2D eigenvalue weighted by molar-refractivity contribution is 14.1. The molecule has 0 bridgehead atoms. The fourth-order valence-electron chi connectivity index (χ4n) is 1.79. The Balaban J connectivity index is 1.82. The van der Waals surface area contributed by atoms with E-state index in [1.807, 2.05) is 12.1 Å². The van der Waals surface area contributed by atoms with Crippen molar-refractivity contribution in [1.29, 1.82) is 0 Å². The maximum Gasteiger partial charge on any atom is 0.347 e. The summed E-state index contributed by atoms with van der Waals surface area (Å²) in [6, 6.07) is 11.9. The number of amides is 1. The van der Waals surface area contributed by atoms with Crippen LogP contribution in [0.4, 0.5) is 5.69 Å². The van der Waals surface area contributed by atoms with Crippen LogP contribution in [-0.2, 0) is 14.3 Å². The van der Waals surface area contributed by atoms with E-state index < -0.39 is 24.6 Å². The lowest BCUT2D eigenvalue weighted by Gasteiger charge is -2.15. The number of benzene rings is 2. The Morgan fingerprint density at radius 2 is 1.84 bits per heavy atom. The van der Waals surface area contributed by atoms with E-state index in [0.717, 1.165) is 3.57 Å². The Kier molecular flexibility index (Phi) is 7.34. The molecule has 0 aliphatic rings. The maximum atomic E-state index is 11.9. The Hall–Kier alpha value is -1.51. The van der Waals surface area contributed by atoms with Crippen LogP contribution in [0.5, 0.6) is 5.75 Å². The monoisotopic (exact) mass is 493 g/mol. The number of hydrogen-bond donors (Lipinski definition) is 1. The van der Waals surface area contributed by atoms with E-state index in [-0.39, 0.29) is 5.02 Å². The molecule has 1 N–H and O–H groups in total. The van der Waals surface area contributed by atoms with Crippen LogP contribution in [-0.4, -0.2) is 24.6 Å². The summed E-state index contributed by atoms with van der Waals surface area (Å²) in [5.41, 5.74) is 0.624. The molecule has 0 radical (unpaired) electrons. The third-order valence-electron chi connectivity index (χ3n) is 3.00. The topological polar surface area (TPSA) is 64.6 Å². The van der Waals surface area contributed by atoms with Crippen molar-refractivity contribution < 1.29 is 19.1 Å². The van der Waals surface area contributed by atoms with Gasteiger partial charge in [-0.3, -0.25) is 4.79 Å². The molecule has 0 saturated carbocycles. The van der Waals surface area contributed by atoms with Crippen molar-refractivity contribution in [3.8, 4) is 5.75 Å². The summed E-state index contributed by atoms with van der Waals surface area (Å²) in [4.78, 5) is 23.7. The first kappa shape index (κ1) is 19.8. The molecule has 8 heteroatoms. The zero-order chi connectivity index (χ0) is 18.4. The molecule has 0 saturated heterocycles. The lowest BCUT2D eigenvalue weighted by molar-refractivity contribution is -0.153. The zero-order valence-corrected chi connectivity index (χ0v) is 16.8. The molecule has 2 aromatic rings. The van der Waals surface area contributed by atoms with Gasteiger partial charge in [-0.15, -0.1) is 0 Å². The minimum atomic E-state index is -0.926. The van der Waals surface area contributed by atoms with Gasteiger partial charge in [-0.25, -0.2) is 4.79 Å². The van der Waals surface area contributed by atoms with Gasteiger partial charge in [-0.1, -0.05) is 23.2 Å². The molecule has 0 aromatic heterocycles. The highest BCUT2D eigenvalue weighted by atomic mass is 127. The zero-order valence-electron chi connectivity index (χ0n) is 13.1.